The van der Waals surface area contributed by atoms with Crippen molar-refractivity contribution in [2.75, 3.05) is 19.0 Å². The smallest absolute Gasteiger partial charge is 0.207 e. The van der Waals surface area contributed by atoms with Crippen LogP contribution < -0.4 is 0 Å². The second-order valence-corrected chi connectivity index (χ2v) is 9.71. The fourth-order valence-electron chi connectivity index (χ4n) is 4.15. The largest absolute Gasteiger partial charge is 0.243 e. The van der Waals surface area contributed by atoms with E-state index in [1.807, 2.05) is 19.1 Å². The van der Waals surface area contributed by atoms with Crippen molar-refractivity contribution < 1.29 is 8.42 Å². The van der Waals surface area contributed by atoms with Gasteiger partial charge in [0.15, 0.2) is 0 Å². The molecule has 1 aliphatic heterocycles. The molecule has 0 unspecified atom stereocenters. The van der Waals surface area contributed by atoms with Crippen molar-refractivity contribution in [3.63, 3.8) is 0 Å². The fraction of sp³-hybridized carbons (Fsp3) is 0.429. The number of nitrogens with zero attached hydrogens (tertiary/aromatic N) is 1. The first-order valence-corrected chi connectivity index (χ1v) is 10.9. The average Bonchev–Trinajstić information content (AvgIpc) is 2.99. The van der Waals surface area contributed by atoms with Crippen LogP contribution in [0.4, 0.5) is 0 Å². The lowest BCUT2D eigenvalue weighted by molar-refractivity contribution is 0.465. The van der Waals surface area contributed by atoms with Gasteiger partial charge < -0.3 is 0 Å². The first kappa shape index (κ1) is 19.4. The molecular weight excluding hydrogens is 366 g/mol. The summed E-state index contributed by atoms with van der Waals surface area (Å²) in [6.07, 6.45) is 0. The molecule has 1 fully saturated rings. The number of sulfonamides is 1. The van der Waals surface area contributed by atoms with Crippen LogP contribution in [0.25, 0.3) is 0 Å². The molecule has 1 heterocycles. The highest BCUT2D eigenvalue weighted by molar-refractivity contribution is 7.89. The summed E-state index contributed by atoms with van der Waals surface area (Å²) in [6.45, 7) is 9.21. The monoisotopic (exact) mass is 391 g/mol. The second-order valence-electron chi connectivity index (χ2n) is 7.47. The molecular formula is C21H26ClNO2S. The Morgan fingerprint density at radius 3 is 2.08 bits per heavy atom. The fourth-order valence-corrected chi connectivity index (χ4v) is 5.98. The quantitative estimate of drug-likeness (QED) is 0.716. The molecule has 2 aromatic rings. The minimum atomic E-state index is -3.50. The van der Waals surface area contributed by atoms with Gasteiger partial charge in [-0.3, -0.25) is 0 Å². The highest BCUT2D eigenvalue weighted by Gasteiger charge is 2.40. The van der Waals surface area contributed by atoms with Crippen LogP contribution in [0.2, 0.25) is 0 Å². The van der Waals surface area contributed by atoms with Crippen molar-refractivity contribution in [2.24, 2.45) is 5.92 Å². The highest BCUT2D eigenvalue weighted by Crippen LogP contribution is 2.39. The zero-order valence-electron chi connectivity index (χ0n) is 15.8. The molecule has 5 heteroatoms. The van der Waals surface area contributed by atoms with Crippen LogP contribution >= 0.6 is 11.6 Å². The third-order valence-corrected chi connectivity index (χ3v) is 7.62. The Balaban J connectivity index is 1.96. The van der Waals surface area contributed by atoms with Gasteiger partial charge in [-0.15, -0.1) is 11.6 Å². The van der Waals surface area contributed by atoms with E-state index < -0.39 is 10.0 Å². The zero-order valence-corrected chi connectivity index (χ0v) is 17.4. The van der Waals surface area contributed by atoms with Crippen LogP contribution in [0.5, 0.6) is 0 Å². The van der Waals surface area contributed by atoms with Crippen LogP contribution in [0.15, 0.2) is 41.3 Å². The van der Waals surface area contributed by atoms with Crippen LogP contribution in [0, 0.1) is 33.6 Å². The first-order valence-electron chi connectivity index (χ1n) is 8.94. The number of rotatable bonds is 4. The Morgan fingerprint density at radius 1 is 0.962 bits per heavy atom. The summed E-state index contributed by atoms with van der Waals surface area (Å²) in [5.41, 5.74) is 5.97. The Morgan fingerprint density at radius 2 is 1.54 bits per heavy atom. The molecule has 26 heavy (non-hydrogen) atoms. The Kier molecular flexibility index (Phi) is 5.48. The first-order chi connectivity index (χ1) is 12.2. The zero-order chi connectivity index (χ0) is 19.1. The van der Waals surface area contributed by atoms with Gasteiger partial charge in [-0.25, -0.2) is 8.42 Å². The molecule has 2 atom stereocenters. The number of hydrogen-bond acceptors (Lipinski definition) is 2. The molecule has 0 radical (unpaired) electrons. The molecule has 0 spiro atoms. The van der Waals surface area contributed by atoms with Crippen LogP contribution in [0.1, 0.15) is 33.7 Å². The van der Waals surface area contributed by atoms with Crippen LogP contribution in [0.3, 0.4) is 0 Å². The standard InChI is InChI=1S/C21H26ClNO2S/c1-14-5-7-19(8-6-14)26(24,25)23-12-18(11-22)20(13-23)21-16(3)9-15(2)10-17(21)4/h5-10,18,20H,11-13H2,1-4H3/t18-,20-/m1/s1. The van der Waals surface area contributed by atoms with Crippen molar-refractivity contribution in [1.82, 2.24) is 4.31 Å². The SMILES string of the molecule is Cc1ccc(S(=O)(=O)N2C[C@@H](CCl)[C@H](c3c(C)cc(C)cc3C)C2)cc1. The molecule has 1 saturated heterocycles. The van der Waals surface area contributed by atoms with Gasteiger partial charge in [0.1, 0.15) is 0 Å². The van der Waals surface area contributed by atoms with Gasteiger partial charge in [0.25, 0.3) is 0 Å². The van der Waals surface area contributed by atoms with Crippen molar-refractivity contribution in [2.45, 2.75) is 38.5 Å². The third-order valence-electron chi connectivity index (χ3n) is 5.37. The predicted molar refractivity (Wildman–Crippen MR) is 108 cm³/mol. The summed E-state index contributed by atoms with van der Waals surface area (Å²) in [4.78, 5) is 0.356. The van der Waals surface area contributed by atoms with Crippen molar-refractivity contribution >= 4 is 21.6 Å². The normalized spacial score (nSPS) is 21.3. The van der Waals surface area contributed by atoms with E-state index in [4.69, 9.17) is 11.6 Å². The second kappa shape index (κ2) is 7.34. The van der Waals surface area contributed by atoms with Gasteiger partial charge in [0.2, 0.25) is 10.0 Å². The Labute approximate surface area is 162 Å². The van der Waals surface area contributed by atoms with E-state index in [1.54, 1.807) is 16.4 Å². The Hall–Kier alpha value is -1.36. The van der Waals surface area contributed by atoms with E-state index in [2.05, 4.69) is 32.9 Å². The third kappa shape index (κ3) is 3.55. The van der Waals surface area contributed by atoms with Gasteiger partial charge in [0, 0.05) is 24.9 Å². The lowest BCUT2D eigenvalue weighted by Gasteiger charge is -2.22. The van der Waals surface area contributed by atoms with Crippen LogP contribution in [-0.4, -0.2) is 31.7 Å². The Bertz CT molecular complexity index is 883. The minimum absolute atomic E-state index is 0.122. The molecule has 0 N–H and O–H groups in total. The summed E-state index contributed by atoms with van der Waals surface area (Å²) in [5.74, 6) is 0.711. The number of halogens is 1. The van der Waals surface area contributed by atoms with E-state index in [0.717, 1.165) is 5.56 Å². The van der Waals surface area contributed by atoms with Gasteiger partial charge >= 0.3 is 0 Å². The summed E-state index contributed by atoms with van der Waals surface area (Å²) in [6, 6.07) is 11.4. The van der Waals surface area contributed by atoms with Crippen molar-refractivity contribution in [3.8, 4) is 0 Å². The maximum atomic E-state index is 13.1. The molecule has 0 bridgehead atoms. The van der Waals surface area contributed by atoms with E-state index in [-0.39, 0.29) is 11.8 Å². The average molecular weight is 392 g/mol. The summed E-state index contributed by atoms with van der Waals surface area (Å²) in [5, 5.41) is 0. The molecule has 0 aliphatic carbocycles. The minimum Gasteiger partial charge on any atom is -0.207 e. The number of benzene rings is 2. The van der Waals surface area contributed by atoms with Crippen LogP contribution in [-0.2, 0) is 10.0 Å². The van der Waals surface area contributed by atoms with Gasteiger partial charge in [-0.1, -0.05) is 35.4 Å². The molecule has 3 rings (SSSR count). The molecule has 0 saturated carbocycles. The molecule has 2 aromatic carbocycles. The van der Waals surface area contributed by atoms with Gasteiger partial charge in [-0.2, -0.15) is 4.31 Å². The van der Waals surface area contributed by atoms with E-state index in [0.29, 0.717) is 23.9 Å². The maximum Gasteiger partial charge on any atom is 0.243 e. The molecule has 140 valence electrons. The van der Waals surface area contributed by atoms with E-state index in [9.17, 15) is 8.42 Å². The van der Waals surface area contributed by atoms with Crippen molar-refractivity contribution in [1.29, 1.82) is 0 Å². The lowest BCUT2D eigenvalue weighted by Crippen LogP contribution is -2.29. The lowest BCUT2D eigenvalue weighted by atomic mass is 9.84. The van der Waals surface area contributed by atoms with Gasteiger partial charge in [-0.05, 0) is 62.4 Å². The summed E-state index contributed by atoms with van der Waals surface area (Å²) in [7, 11) is -3.50. The molecule has 0 amide bonds. The van der Waals surface area contributed by atoms with Crippen molar-refractivity contribution in [3.05, 3.63) is 64.2 Å². The topological polar surface area (TPSA) is 37.4 Å². The summed E-state index contributed by atoms with van der Waals surface area (Å²) < 4.78 is 27.8. The van der Waals surface area contributed by atoms with Gasteiger partial charge in [0.05, 0.1) is 4.90 Å². The maximum absolute atomic E-state index is 13.1. The number of alkyl halides is 1. The molecule has 0 aromatic heterocycles. The molecule has 3 nitrogen and oxygen atoms in total. The summed E-state index contributed by atoms with van der Waals surface area (Å²) >= 11 is 6.25. The van der Waals surface area contributed by atoms with E-state index >= 15 is 0 Å². The predicted octanol–water partition coefficient (Wildman–Crippen LogP) is 4.56. The number of hydrogen-bond donors (Lipinski definition) is 0. The molecule has 1 aliphatic rings. The van der Waals surface area contributed by atoms with E-state index in [1.165, 1.54) is 22.3 Å². The highest BCUT2D eigenvalue weighted by atomic mass is 35.5. The number of aryl methyl sites for hydroxylation is 4.